The van der Waals surface area contributed by atoms with Crippen LogP contribution in [-0.4, -0.2) is 4.98 Å². The number of hydrogen-bond acceptors (Lipinski definition) is 3. The minimum absolute atomic E-state index is 0.304. The van der Waals surface area contributed by atoms with Crippen LogP contribution in [0.25, 0.3) is 11.0 Å². The summed E-state index contributed by atoms with van der Waals surface area (Å²) in [6.45, 7) is 0. The number of pyridine rings is 1. The van der Waals surface area contributed by atoms with Crippen LogP contribution < -0.4 is 0 Å². The molecule has 0 unspecified atom stereocenters. The maximum Gasteiger partial charge on any atom is 0.204 e. The molecular formula is C8H3BrN2O. The highest BCUT2D eigenvalue weighted by Crippen LogP contribution is 2.25. The second kappa shape index (κ2) is 2.61. The van der Waals surface area contributed by atoms with Crippen molar-refractivity contribution in [1.29, 1.82) is 5.26 Å². The number of hydrogen-bond donors (Lipinski definition) is 0. The SMILES string of the molecule is N#Cc1cc2cncc(Br)c2o1. The first-order valence-electron chi connectivity index (χ1n) is 3.24. The van der Waals surface area contributed by atoms with Gasteiger partial charge in [0.1, 0.15) is 6.07 Å². The Labute approximate surface area is 76.8 Å². The Morgan fingerprint density at radius 3 is 3.00 bits per heavy atom. The van der Waals surface area contributed by atoms with Crippen LogP contribution in [0, 0.1) is 11.3 Å². The lowest BCUT2D eigenvalue weighted by Gasteiger charge is -1.88. The summed E-state index contributed by atoms with van der Waals surface area (Å²) in [5, 5.41) is 9.38. The van der Waals surface area contributed by atoms with E-state index in [1.54, 1.807) is 18.5 Å². The van der Waals surface area contributed by atoms with Gasteiger partial charge in [0.25, 0.3) is 0 Å². The van der Waals surface area contributed by atoms with E-state index in [1.807, 2.05) is 6.07 Å². The normalized spacial score (nSPS) is 10.0. The van der Waals surface area contributed by atoms with Crippen LogP contribution >= 0.6 is 15.9 Å². The van der Waals surface area contributed by atoms with E-state index in [2.05, 4.69) is 20.9 Å². The van der Waals surface area contributed by atoms with Crippen LogP contribution in [0.5, 0.6) is 0 Å². The molecule has 2 aromatic heterocycles. The standard InChI is InChI=1S/C8H3BrN2O/c9-7-4-11-3-5-1-6(2-10)12-8(5)7/h1,3-4H. The third-order valence-corrected chi connectivity index (χ3v) is 2.05. The molecule has 58 valence electrons. The monoisotopic (exact) mass is 222 g/mol. The summed E-state index contributed by atoms with van der Waals surface area (Å²) in [5.41, 5.74) is 0.668. The van der Waals surface area contributed by atoms with Gasteiger partial charge < -0.3 is 4.42 Å². The maximum atomic E-state index is 8.55. The second-order valence-corrected chi connectivity index (χ2v) is 3.12. The van der Waals surface area contributed by atoms with Crippen molar-refractivity contribution in [2.24, 2.45) is 0 Å². The molecule has 0 aliphatic carbocycles. The maximum absolute atomic E-state index is 8.55. The van der Waals surface area contributed by atoms with Crippen molar-refractivity contribution >= 4 is 26.9 Å². The fraction of sp³-hybridized carbons (Fsp3) is 0. The zero-order chi connectivity index (χ0) is 8.55. The summed E-state index contributed by atoms with van der Waals surface area (Å²) >= 11 is 3.27. The van der Waals surface area contributed by atoms with Gasteiger partial charge in [-0.2, -0.15) is 5.26 Å². The average molecular weight is 223 g/mol. The number of aromatic nitrogens is 1. The third-order valence-electron chi connectivity index (χ3n) is 1.49. The van der Waals surface area contributed by atoms with Crippen LogP contribution in [0.2, 0.25) is 0 Å². The van der Waals surface area contributed by atoms with Crippen molar-refractivity contribution in [2.45, 2.75) is 0 Å². The third kappa shape index (κ3) is 0.990. The Morgan fingerprint density at radius 1 is 1.50 bits per heavy atom. The van der Waals surface area contributed by atoms with Gasteiger partial charge >= 0.3 is 0 Å². The molecule has 0 radical (unpaired) electrons. The molecule has 0 saturated heterocycles. The summed E-state index contributed by atoms with van der Waals surface area (Å²) in [7, 11) is 0. The fourth-order valence-corrected chi connectivity index (χ4v) is 1.41. The summed E-state index contributed by atoms with van der Waals surface area (Å²) in [4.78, 5) is 3.94. The molecule has 3 nitrogen and oxygen atoms in total. The number of furan rings is 1. The number of nitrogens with zero attached hydrogens (tertiary/aromatic N) is 2. The number of halogens is 1. The van der Waals surface area contributed by atoms with Gasteiger partial charge in [-0.05, 0) is 15.9 Å². The van der Waals surface area contributed by atoms with Crippen molar-refractivity contribution in [1.82, 2.24) is 4.98 Å². The van der Waals surface area contributed by atoms with Gasteiger partial charge in [0.15, 0.2) is 5.58 Å². The quantitative estimate of drug-likeness (QED) is 0.689. The Bertz CT molecular complexity index is 469. The molecular weight excluding hydrogens is 220 g/mol. The van der Waals surface area contributed by atoms with Crippen molar-refractivity contribution in [3.63, 3.8) is 0 Å². The highest BCUT2D eigenvalue weighted by Gasteiger charge is 2.05. The second-order valence-electron chi connectivity index (χ2n) is 2.26. The summed E-state index contributed by atoms with van der Waals surface area (Å²) in [5.74, 6) is 0.304. The van der Waals surface area contributed by atoms with Crippen LogP contribution in [0.4, 0.5) is 0 Å². The van der Waals surface area contributed by atoms with E-state index >= 15 is 0 Å². The number of fused-ring (bicyclic) bond motifs is 1. The molecule has 0 spiro atoms. The van der Waals surface area contributed by atoms with Crippen molar-refractivity contribution in [3.05, 3.63) is 28.7 Å². The lowest BCUT2D eigenvalue weighted by molar-refractivity contribution is 0.597. The smallest absolute Gasteiger partial charge is 0.204 e. The van der Waals surface area contributed by atoms with Crippen molar-refractivity contribution in [3.8, 4) is 6.07 Å². The molecule has 2 rings (SSSR count). The average Bonchev–Trinajstić information content (AvgIpc) is 2.49. The molecule has 2 aromatic rings. The van der Waals surface area contributed by atoms with Gasteiger partial charge in [-0.1, -0.05) is 0 Å². The predicted molar refractivity (Wildman–Crippen MR) is 46.4 cm³/mol. The van der Waals surface area contributed by atoms with Crippen LogP contribution in [-0.2, 0) is 0 Å². The molecule has 0 bridgehead atoms. The topological polar surface area (TPSA) is 49.8 Å². The molecule has 0 amide bonds. The van der Waals surface area contributed by atoms with Crippen molar-refractivity contribution < 1.29 is 4.42 Å². The highest BCUT2D eigenvalue weighted by molar-refractivity contribution is 9.10. The molecule has 12 heavy (non-hydrogen) atoms. The summed E-state index contributed by atoms with van der Waals surface area (Å²) < 4.78 is 5.97. The Kier molecular flexibility index (Phi) is 1.59. The van der Waals surface area contributed by atoms with Crippen LogP contribution in [0.1, 0.15) is 5.76 Å². The predicted octanol–water partition coefficient (Wildman–Crippen LogP) is 2.46. The molecule has 0 N–H and O–H groups in total. The van der Waals surface area contributed by atoms with E-state index in [4.69, 9.17) is 9.68 Å². The molecule has 0 saturated carbocycles. The highest BCUT2D eigenvalue weighted by atomic mass is 79.9. The van der Waals surface area contributed by atoms with E-state index in [-0.39, 0.29) is 0 Å². The number of rotatable bonds is 0. The van der Waals surface area contributed by atoms with Crippen LogP contribution in [0.3, 0.4) is 0 Å². The first-order chi connectivity index (χ1) is 5.81. The van der Waals surface area contributed by atoms with E-state index in [0.717, 1.165) is 9.86 Å². The Balaban J connectivity index is 2.85. The lowest BCUT2D eigenvalue weighted by Crippen LogP contribution is -1.70. The first-order valence-corrected chi connectivity index (χ1v) is 4.03. The zero-order valence-electron chi connectivity index (χ0n) is 5.91. The van der Waals surface area contributed by atoms with E-state index in [1.165, 1.54) is 0 Å². The first kappa shape index (κ1) is 7.32. The summed E-state index contributed by atoms with van der Waals surface area (Å²) in [6, 6.07) is 3.59. The van der Waals surface area contributed by atoms with Gasteiger partial charge in [-0.15, -0.1) is 0 Å². The summed E-state index contributed by atoms with van der Waals surface area (Å²) in [6.07, 6.45) is 3.29. The van der Waals surface area contributed by atoms with E-state index < -0.39 is 0 Å². The molecule has 0 fully saturated rings. The van der Waals surface area contributed by atoms with E-state index in [9.17, 15) is 0 Å². The van der Waals surface area contributed by atoms with Crippen molar-refractivity contribution in [2.75, 3.05) is 0 Å². The fourth-order valence-electron chi connectivity index (χ4n) is 0.984. The van der Waals surface area contributed by atoms with Gasteiger partial charge in [0.05, 0.1) is 4.47 Å². The largest absolute Gasteiger partial charge is 0.444 e. The zero-order valence-corrected chi connectivity index (χ0v) is 7.50. The molecule has 0 aromatic carbocycles. The molecule has 2 heterocycles. The Morgan fingerprint density at radius 2 is 2.33 bits per heavy atom. The lowest BCUT2D eigenvalue weighted by atomic mass is 10.3. The van der Waals surface area contributed by atoms with Gasteiger partial charge in [-0.25, -0.2) is 0 Å². The minimum Gasteiger partial charge on any atom is -0.444 e. The molecule has 0 aliphatic heterocycles. The van der Waals surface area contributed by atoms with Gasteiger partial charge in [-0.3, -0.25) is 4.98 Å². The van der Waals surface area contributed by atoms with Crippen LogP contribution in [0.15, 0.2) is 27.3 Å². The molecule has 0 atom stereocenters. The minimum atomic E-state index is 0.304. The number of nitriles is 1. The van der Waals surface area contributed by atoms with Gasteiger partial charge in [0, 0.05) is 23.8 Å². The van der Waals surface area contributed by atoms with E-state index in [0.29, 0.717) is 11.3 Å². The Hall–Kier alpha value is -1.34. The molecule has 0 aliphatic rings. The molecule has 4 heteroatoms. The van der Waals surface area contributed by atoms with Gasteiger partial charge in [0.2, 0.25) is 5.76 Å².